The normalized spacial score (nSPS) is 22.8. The Morgan fingerprint density at radius 1 is 1.47 bits per heavy atom. The van der Waals surface area contributed by atoms with E-state index in [1.54, 1.807) is 30.2 Å². The van der Waals surface area contributed by atoms with Gasteiger partial charge in [-0.05, 0) is 11.6 Å². The highest BCUT2D eigenvalue weighted by Crippen LogP contribution is 2.52. The van der Waals surface area contributed by atoms with Gasteiger partial charge >= 0.3 is 0 Å². The number of nitrogens with zero attached hydrogens (tertiary/aromatic N) is 3. The summed E-state index contributed by atoms with van der Waals surface area (Å²) in [5, 5.41) is 14.0. The number of rotatable bonds is 1. The maximum atomic E-state index is 13.6. The lowest BCUT2D eigenvalue weighted by Crippen LogP contribution is -2.04. The summed E-state index contributed by atoms with van der Waals surface area (Å²) in [7, 11) is 1.76. The minimum absolute atomic E-state index is 0.301. The van der Waals surface area contributed by atoms with E-state index in [2.05, 4.69) is 10.1 Å². The maximum Gasteiger partial charge on any atom is 0.166 e. The van der Waals surface area contributed by atoms with Crippen molar-refractivity contribution < 1.29 is 9.50 Å². The highest BCUT2D eigenvalue weighted by Gasteiger charge is 2.37. The van der Waals surface area contributed by atoms with Crippen LogP contribution in [-0.2, 0) is 7.05 Å². The minimum Gasteiger partial charge on any atom is -0.387 e. The van der Waals surface area contributed by atoms with Gasteiger partial charge in [0, 0.05) is 11.9 Å². The molecular formula is C11H10FN3OS. The van der Waals surface area contributed by atoms with Crippen molar-refractivity contribution in [1.82, 2.24) is 14.8 Å². The molecule has 2 heterocycles. The van der Waals surface area contributed by atoms with Gasteiger partial charge in [-0.1, -0.05) is 12.1 Å². The number of hydrogen-bond donors (Lipinski definition) is 1. The number of aliphatic hydroxyl groups is 1. The second-order valence-electron chi connectivity index (χ2n) is 3.92. The zero-order chi connectivity index (χ0) is 12.0. The van der Waals surface area contributed by atoms with Gasteiger partial charge in [0.15, 0.2) is 5.82 Å². The fourth-order valence-corrected chi connectivity index (χ4v) is 3.17. The summed E-state index contributed by atoms with van der Waals surface area (Å²) in [6.07, 6.45) is 0.815. The first-order valence-corrected chi connectivity index (χ1v) is 6.03. The van der Waals surface area contributed by atoms with E-state index >= 15 is 0 Å². The van der Waals surface area contributed by atoms with Gasteiger partial charge in [-0.15, -0.1) is 11.8 Å². The molecule has 0 fully saturated rings. The van der Waals surface area contributed by atoms with E-state index in [0.29, 0.717) is 16.3 Å². The van der Waals surface area contributed by atoms with Crippen LogP contribution in [0.15, 0.2) is 29.4 Å². The molecule has 3 rings (SSSR count). The van der Waals surface area contributed by atoms with E-state index in [9.17, 15) is 9.50 Å². The first-order valence-electron chi connectivity index (χ1n) is 5.15. The first kappa shape index (κ1) is 10.7. The maximum absolute atomic E-state index is 13.6. The molecular weight excluding hydrogens is 241 g/mol. The molecule has 88 valence electrons. The zero-order valence-corrected chi connectivity index (χ0v) is 9.86. The van der Waals surface area contributed by atoms with Crippen LogP contribution >= 0.6 is 11.8 Å². The van der Waals surface area contributed by atoms with Crippen molar-refractivity contribution in [2.24, 2.45) is 7.05 Å². The number of aromatic nitrogens is 3. The largest absolute Gasteiger partial charge is 0.387 e. The predicted octanol–water partition coefficient (Wildman–Crippen LogP) is 1.83. The molecule has 0 radical (unpaired) electrons. The van der Waals surface area contributed by atoms with Crippen LogP contribution in [0.1, 0.15) is 22.7 Å². The van der Waals surface area contributed by atoms with Crippen LogP contribution in [0.2, 0.25) is 0 Å². The van der Waals surface area contributed by atoms with Crippen molar-refractivity contribution in [3.63, 3.8) is 0 Å². The Hall–Kier alpha value is -1.40. The van der Waals surface area contributed by atoms with Crippen LogP contribution in [-0.4, -0.2) is 19.9 Å². The van der Waals surface area contributed by atoms with Crippen LogP contribution < -0.4 is 0 Å². The van der Waals surface area contributed by atoms with E-state index < -0.39 is 6.10 Å². The molecule has 2 aromatic rings. The average molecular weight is 251 g/mol. The summed E-state index contributed by atoms with van der Waals surface area (Å²) in [4.78, 5) is 4.61. The number of halogens is 1. The summed E-state index contributed by atoms with van der Waals surface area (Å²) in [5.74, 6) is 0.227. The lowest BCUT2D eigenvalue weighted by Gasteiger charge is -2.09. The molecule has 0 bridgehead atoms. The Labute approximate surface area is 101 Å². The van der Waals surface area contributed by atoms with Gasteiger partial charge in [0.25, 0.3) is 0 Å². The van der Waals surface area contributed by atoms with Crippen molar-refractivity contribution in [2.45, 2.75) is 16.2 Å². The number of aliphatic hydroxyl groups excluding tert-OH is 1. The molecule has 1 N–H and O–H groups in total. The lowest BCUT2D eigenvalue weighted by atomic mass is 10.1. The Kier molecular flexibility index (Phi) is 2.41. The molecule has 1 aliphatic heterocycles. The van der Waals surface area contributed by atoms with Gasteiger partial charge in [0.1, 0.15) is 17.4 Å². The molecule has 1 aromatic carbocycles. The van der Waals surface area contributed by atoms with E-state index in [1.165, 1.54) is 17.8 Å². The fourth-order valence-electron chi connectivity index (χ4n) is 1.92. The molecule has 0 aliphatic carbocycles. The third-order valence-electron chi connectivity index (χ3n) is 2.72. The second kappa shape index (κ2) is 3.82. The molecule has 4 nitrogen and oxygen atoms in total. The van der Waals surface area contributed by atoms with Gasteiger partial charge < -0.3 is 5.11 Å². The smallest absolute Gasteiger partial charge is 0.166 e. The molecule has 1 aromatic heterocycles. The SMILES string of the molecule is Cn1cnc([C@@H]2Sc3c(F)cccc3[C@@H]2O)n1. The lowest BCUT2D eigenvalue weighted by molar-refractivity contribution is 0.174. The monoisotopic (exact) mass is 251 g/mol. The van der Waals surface area contributed by atoms with Gasteiger partial charge in [0.2, 0.25) is 0 Å². The summed E-state index contributed by atoms with van der Waals surface area (Å²) >= 11 is 1.27. The Morgan fingerprint density at radius 3 is 2.94 bits per heavy atom. The summed E-state index contributed by atoms with van der Waals surface area (Å²) in [6, 6.07) is 4.73. The molecule has 0 unspecified atom stereocenters. The first-order chi connectivity index (χ1) is 8.16. The average Bonchev–Trinajstić information content (AvgIpc) is 2.85. The predicted molar refractivity (Wildman–Crippen MR) is 61.0 cm³/mol. The van der Waals surface area contributed by atoms with Gasteiger partial charge in [-0.25, -0.2) is 9.37 Å². The standard InChI is InChI=1S/C11H10FN3OS/c1-15-5-13-11(14-15)10-8(16)6-3-2-4-7(12)9(6)17-10/h2-5,8,10,16H,1H3/t8-,10+/m0/s1. The van der Waals surface area contributed by atoms with E-state index in [0.717, 1.165) is 0 Å². The molecule has 17 heavy (non-hydrogen) atoms. The van der Waals surface area contributed by atoms with Crippen LogP contribution in [0.25, 0.3) is 0 Å². The van der Waals surface area contributed by atoms with Gasteiger partial charge in [-0.3, -0.25) is 4.68 Å². The number of aryl methyl sites for hydroxylation is 1. The molecule has 0 spiro atoms. The number of benzene rings is 1. The zero-order valence-electron chi connectivity index (χ0n) is 9.04. The summed E-state index contributed by atoms with van der Waals surface area (Å²) in [6.45, 7) is 0. The fraction of sp³-hybridized carbons (Fsp3) is 0.273. The number of hydrogen-bond acceptors (Lipinski definition) is 4. The van der Waals surface area contributed by atoms with E-state index in [-0.39, 0.29) is 11.1 Å². The number of thioether (sulfide) groups is 1. The highest BCUT2D eigenvalue weighted by atomic mass is 32.2. The van der Waals surface area contributed by atoms with Crippen LogP contribution in [0.4, 0.5) is 4.39 Å². The third-order valence-corrected chi connectivity index (χ3v) is 4.11. The molecule has 2 atom stereocenters. The van der Waals surface area contributed by atoms with Crippen LogP contribution in [0.5, 0.6) is 0 Å². The van der Waals surface area contributed by atoms with E-state index in [1.807, 2.05) is 0 Å². The second-order valence-corrected chi connectivity index (χ2v) is 5.07. The van der Waals surface area contributed by atoms with Crippen molar-refractivity contribution >= 4 is 11.8 Å². The summed E-state index contributed by atoms with van der Waals surface area (Å²) in [5.41, 5.74) is 0.618. The van der Waals surface area contributed by atoms with Gasteiger partial charge in [-0.2, -0.15) is 5.10 Å². The highest BCUT2D eigenvalue weighted by molar-refractivity contribution is 8.00. The van der Waals surface area contributed by atoms with Crippen molar-refractivity contribution in [2.75, 3.05) is 0 Å². The van der Waals surface area contributed by atoms with Gasteiger partial charge in [0.05, 0.1) is 6.10 Å². The van der Waals surface area contributed by atoms with Crippen LogP contribution in [0, 0.1) is 5.82 Å². The summed E-state index contributed by atoms with van der Waals surface area (Å²) < 4.78 is 15.2. The van der Waals surface area contributed by atoms with Crippen molar-refractivity contribution in [3.8, 4) is 0 Å². The number of fused-ring (bicyclic) bond motifs is 1. The van der Waals surface area contributed by atoms with Crippen molar-refractivity contribution in [3.05, 3.63) is 41.7 Å². The minimum atomic E-state index is -0.756. The molecule has 0 amide bonds. The Bertz CT molecular complexity index is 572. The Balaban J connectivity index is 2.01. The van der Waals surface area contributed by atoms with Crippen LogP contribution in [0.3, 0.4) is 0 Å². The molecule has 1 aliphatic rings. The quantitative estimate of drug-likeness (QED) is 0.840. The third kappa shape index (κ3) is 1.64. The van der Waals surface area contributed by atoms with Crippen molar-refractivity contribution in [1.29, 1.82) is 0 Å². The molecule has 0 saturated heterocycles. The molecule has 0 saturated carbocycles. The Morgan fingerprint density at radius 2 is 2.29 bits per heavy atom. The topological polar surface area (TPSA) is 50.9 Å². The van der Waals surface area contributed by atoms with E-state index in [4.69, 9.17) is 0 Å². The molecule has 6 heteroatoms.